The van der Waals surface area contributed by atoms with E-state index in [0.717, 1.165) is 0 Å². The molecule has 0 amide bonds. The molecule has 9 rings (SSSR count). The second kappa shape index (κ2) is 26.0. The fraction of sp³-hybridized carbons (Fsp3) is 0. The fourth-order valence-electron chi connectivity index (χ4n) is 6.54. The normalized spacial score (nSPS) is 10.4. The van der Waals surface area contributed by atoms with E-state index >= 15 is 0 Å². The monoisotopic (exact) mass is 958 g/mol. The van der Waals surface area contributed by atoms with Crippen molar-refractivity contribution < 1.29 is 15.1 Å². The van der Waals surface area contributed by atoms with Crippen LogP contribution in [-0.2, 0) is 15.1 Å². The van der Waals surface area contributed by atoms with Crippen LogP contribution in [-0.4, -0.2) is 0 Å². The summed E-state index contributed by atoms with van der Waals surface area (Å²) in [5.41, 5.74) is 0. The maximum Gasteiger partial charge on any atom is -0.0134 e. The van der Waals surface area contributed by atoms with Crippen LogP contribution in [0.3, 0.4) is 0 Å². The van der Waals surface area contributed by atoms with Crippen molar-refractivity contribution in [3.8, 4) is 0 Å². The van der Waals surface area contributed by atoms with Gasteiger partial charge in [-0.25, -0.2) is 0 Å². The van der Waals surface area contributed by atoms with Crippen LogP contribution >= 0.6 is 43.1 Å². The maximum atomic E-state index is 4.85. The Bertz CT molecular complexity index is 1890. The topological polar surface area (TPSA) is 0 Å². The van der Waals surface area contributed by atoms with Gasteiger partial charge in [-0.05, 0) is 71.5 Å². The molecule has 298 valence electrons. The van der Waals surface area contributed by atoms with Crippen LogP contribution in [0.5, 0.6) is 0 Å². The Morgan fingerprint density at radius 2 is 0.267 bits per heavy atom. The van der Waals surface area contributed by atoms with Gasteiger partial charge >= 0.3 is 34.5 Å². The molecule has 6 heteroatoms. The van der Waals surface area contributed by atoms with Crippen molar-refractivity contribution >= 4 is 90.9 Å². The average Bonchev–Trinajstić information content (AvgIpc) is 3.33. The van der Waals surface area contributed by atoms with Gasteiger partial charge in [-0.15, -0.1) is 0 Å². The van der Waals surface area contributed by atoms with Gasteiger partial charge in [0.15, 0.2) is 0 Å². The summed E-state index contributed by atoms with van der Waals surface area (Å²) in [6.07, 6.45) is 0. The third kappa shape index (κ3) is 13.8. The maximum absolute atomic E-state index is 4.85. The van der Waals surface area contributed by atoms with Crippen LogP contribution < -0.4 is 47.7 Å². The molecule has 0 aliphatic carbocycles. The SMILES string of the molecule is [Cl][Ru][Cl].c1ccc(P(c2ccccc2)c2ccccc2)cc1.c1ccc(P(c2ccccc2)c2ccccc2)cc1.c1ccc(P(c2ccccc2)c2ccccc2)cc1. The molecule has 0 spiro atoms. The molecule has 0 aromatic heterocycles. The van der Waals surface area contributed by atoms with Crippen molar-refractivity contribution in [2.24, 2.45) is 0 Å². The third-order valence-electron chi connectivity index (χ3n) is 9.13. The van der Waals surface area contributed by atoms with Crippen LogP contribution in [0, 0.1) is 0 Å². The molecule has 0 N–H and O–H groups in total. The molecule has 0 radical (unpaired) electrons. The van der Waals surface area contributed by atoms with Crippen molar-refractivity contribution in [2.75, 3.05) is 0 Å². The van der Waals surface area contributed by atoms with Gasteiger partial charge in [0.05, 0.1) is 0 Å². The van der Waals surface area contributed by atoms with E-state index in [1.54, 1.807) is 0 Å². The minimum atomic E-state index is -0.446. The third-order valence-corrected chi connectivity index (χ3v) is 16.5. The van der Waals surface area contributed by atoms with Gasteiger partial charge in [-0.2, -0.15) is 0 Å². The quantitative estimate of drug-likeness (QED) is 0.0999. The molecule has 9 aromatic carbocycles. The summed E-state index contributed by atoms with van der Waals surface area (Å²) in [6.45, 7) is 0. The molecular formula is C54H45Cl2P3Ru. The number of halogens is 2. The zero-order valence-corrected chi connectivity index (χ0v) is 38.9. The largest absolute Gasteiger partial charge is 0.0622 e. The first kappa shape index (κ1) is 45.0. The van der Waals surface area contributed by atoms with Crippen LogP contribution in [0.4, 0.5) is 0 Å². The van der Waals surface area contributed by atoms with Crippen molar-refractivity contribution in [1.82, 2.24) is 0 Å². The van der Waals surface area contributed by atoms with Crippen LogP contribution in [0.1, 0.15) is 0 Å². The average molecular weight is 959 g/mol. The Balaban J connectivity index is 0.000000146. The van der Waals surface area contributed by atoms with E-state index in [1.807, 2.05) is 0 Å². The Labute approximate surface area is 376 Å². The minimum Gasteiger partial charge on any atom is -0.0622 e. The predicted octanol–water partition coefficient (Wildman–Crippen LogP) is 11.7. The summed E-state index contributed by atoms with van der Waals surface area (Å²) in [4.78, 5) is 0. The zero-order chi connectivity index (χ0) is 41.5. The fourth-order valence-corrected chi connectivity index (χ4v) is 13.5. The zero-order valence-electron chi connectivity index (χ0n) is 32.9. The number of rotatable bonds is 9. The molecule has 0 bridgehead atoms. The molecule has 0 unspecified atom stereocenters. The smallest absolute Gasteiger partial charge is 0.0134 e. The van der Waals surface area contributed by atoms with Crippen molar-refractivity contribution in [2.45, 2.75) is 0 Å². The standard InChI is InChI=1S/3C18H15P.2ClH.Ru/c3*1-4-10-16(11-5-1)19(17-12-6-2-7-13-17)18-14-8-3-9-15-18;;;/h3*1-15H;2*1H;/q;;;;;+2/p-2. The molecule has 0 aliphatic rings. The number of benzene rings is 9. The molecule has 0 saturated heterocycles. The molecule has 0 aliphatic heterocycles. The van der Waals surface area contributed by atoms with E-state index in [-0.39, 0.29) is 15.1 Å². The summed E-state index contributed by atoms with van der Waals surface area (Å²) in [7, 11) is 8.37. The second-order valence-electron chi connectivity index (χ2n) is 13.1. The van der Waals surface area contributed by atoms with Crippen molar-refractivity contribution in [1.29, 1.82) is 0 Å². The minimum absolute atomic E-state index is 0.346. The van der Waals surface area contributed by atoms with Crippen LogP contribution in [0.2, 0.25) is 0 Å². The van der Waals surface area contributed by atoms with Gasteiger partial charge in [-0.1, -0.05) is 273 Å². The first-order chi connectivity index (χ1) is 29.8. The Hall–Kier alpha value is -4.53. The van der Waals surface area contributed by atoms with Gasteiger partial charge in [0, 0.05) is 0 Å². The van der Waals surface area contributed by atoms with Gasteiger partial charge in [0.25, 0.3) is 0 Å². The Kier molecular flexibility index (Phi) is 19.5. The summed E-state index contributed by atoms with van der Waals surface area (Å²) in [6, 6.07) is 97.0. The van der Waals surface area contributed by atoms with Crippen LogP contribution in [0.25, 0.3) is 0 Å². The summed E-state index contributed by atoms with van der Waals surface area (Å²) in [5.74, 6) is 0. The van der Waals surface area contributed by atoms with E-state index < -0.39 is 23.8 Å². The van der Waals surface area contributed by atoms with Gasteiger partial charge in [0.1, 0.15) is 0 Å². The molecule has 0 fully saturated rings. The molecular weight excluding hydrogens is 913 g/mol. The first-order valence-electron chi connectivity index (χ1n) is 19.5. The molecule has 0 heterocycles. The van der Waals surface area contributed by atoms with Crippen LogP contribution in [0.15, 0.2) is 273 Å². The van der Waals surface area contributed by atoms with E-state index in [4.69, 9.17) is 19.4 Å². The number of hydrogen-bond donors (Lipinski definition) is 0. The Morgan fingerprint density at radius 1 is 0.183 bits per heavy atom. The van der Waals surface area contributed by atoms with Gasteiger partial charge in [-0.3, -0.25) is 0 Å². The van der Waals surface area contributed by atoms with E-state index in [0.29, 0.717) is 0 Å². The molecule has 9 aromatic rings. The molecule has 0 atom stereocenters. The van der Waals surface area contributed by atoms with E-state index in [2.05, 4.69) is 273 Å². The van der Waals surface area contributed by atoms with Gasteiger partial charge in [0.2, 0.25) is 0 Å². The predicted molar refractivity (Wildman–Crippen MR) is 267 cm³/mol. The summed E-state index contributed by atoms with van der Waals surface area (Å²) >= 11 is -0.346. The summed E-state index contributed by atoms with van der Waals surface area (Å²) < 4.78 is 0. The van der Waals surface area contributed by atoms with Gasteiger partial charge < -0.3 is 0 Å². The van der Waals surface area contributed by atoms with E-state index in [9.17, 15) is 0 Å². The van der Waals surface area contributed by atoms with E-state index in [1.165, 1.54) is 47.7 Å². The van der Waals surface area contributed by atoms with Crippen molar-refractivity contribution in [3.05, 3.63) is 273 Å². The Morgan fingerprint density at radius 3 is 0.350 bits per heavy atom. The van der Waals surface area contributed by atoms with Crippen molar-refractivity contribution in [3.63, 3.8) is 0 Å². The molecule has 60 heavy (non-hydrogen) atoms. The first-order valence-corrected chi connectivity index (χ1v) is 28.0. The molecule has 0 saturated carbocycles. The molecule has 0 nitrogen and oxygen atoms in total. The second-order valence-corrected chi connectivity index (χ2v) is 22.4. The number of hydrogen-bond acceptors (Lipinski definition) is 0. The summed E-state index contributed by atoms with van der Waals surface area (Å²) in [5, 5.41) is 12.6.